The maximum absolute atomic E-state index is 13.1. The molecule has 0 saturated carbocycles. The van der Waals surface area contributed by atoms with E-state index in [0.29, 0.717) is 17.9 Å². The first-order valence-electron chi connectivity index (χ1n) is 11.4. The fourth-order valence-electron chi connectivity index (χ4n) is 4.35. The summed E-state index contributed by atoms with van der Waals surface area (Å²) in [5.41, 5.74) is 4.07. The van der Waals surface area contributed by atoms with Crippen molar-refractivity contribution in [1.82, 2.24) is 19.2 Å². The lowest BCUT2D eigenvalue weighted by atomic mass is 10.1. The van der Waals surface area contributed by atoms with Crippen LogP contribution in [0, 0.1) is 0 Å². The highest BCUT2D eigenvalue weighted by atomic mass is 32.1. The third-order valence-corrected chi connectivity index (χ3v) is 7.16. The number of fused-ring (bicyclic) bond motifs is 1. The number of carbonyl (C=O) groups is 1. The highest BCUT2D eigenvalue weighted by Gasteiger charge is 2.22. The zero-order valence-electron chi connectivity index (χ0n) is 19.4. The standard InChI is InChI=1S/C26H28N4O3S/c1-32-23-9-8-20(14-24(23)33-2)22-17-30-21(18-34-26(30)27-22)15-25(31)29-12-10-28(11-13-29)16-19-6-4-3-5-7-19/h3-9,14,17-18H,10-13,15-16H2,1-2H3. The Morgan fingerprint density at radius 3 is 2.50 bits per heavy atom. The van der Waals surface area contributed by atoms with E-state index >= 15 is 0 Å². The lowest BCUT2D eigenvalue weighted by molar-refractivity contribution is -0.132. The first-order chi connectivity index (χ1) is 16.6. The van der Waals surface area contributed by atoms with Crippen LogP contribution in [0.15, 0.2) is 60.1 Å². The van der Waals surface area contributed by atoms with Gasteiger partial charge in [0.05, 0.1) is 26.3 Å². The molecular formula is C26H28N4O3S. The molecule has 1 fully saturated rings. The van der Waals surface area contributed by atoms with E-state index in [1.165, 1.54) is 5.56 Å². The number of benzene rings is 2. The molecular weight excluding hydrogens is 448 g/mol. The Hall–Kier alpha value is -3.36. The summed E-state index contributed by atoms with van der Waals surface area (Å²) in [4.78, 5) is 23.1. The molecule has 7 nitrogen and oxygen atoms in total. The van der Waals surface area contributed by atoms with E-state index in [2.05, 4.69) is 29.2 Å². The van der Waals surface area contributed by atoms with Crippen molar-refractivity contribution >= 4 is 22.2 Å². The van der Waals surface area contributed by atoms with Crippen molar-refractivity contribution in [2.45, 2.75) is 13.0 Å². The number of nitrogens with zero attached hydrogens (tertiary/aromatic N) is 4. The van der Waals surface area contributed by atoms with Crippen molar-refractivity contribution in [2.75, 3.05) is 40.4 Å². The fraction of sp³-hybridized carbons (Fsp3) is 0.308. The van der Waals surface area contributed by atoms with Gasteiger partial charge < -0.3 is 14.4 Å². The third kappa shape index (κ3) is 4.64. The summed E-state index contributed by atoms with van der Waals surface area (Å²) >= 11 is 1.55. The maximum Gasteiger partial charge on any atom is 0.228 e. The normalized spacial score (nSPS) is 14.5. The minimum absolute atomic E-state index is 0.167. The van der Waals surface area contributed by atoms with E-state index in [-0.39, 0.29) is 5.91 Å². The molecule has 0 bridgehead atoms. The van der Waals surface area contributed by atoms with Crippen molar-refractivity contribution in [3.05, 3.63) is 71.4 Å². The van der Waals surface area contributed by atoms with Gasteiger partial charge in [-0.1, -0.05) is 30.3 Å². The van der Waals surface area contributed by atoms with Gasteiger partial charge in [-0.25, -0.2) is 4.98 Å². The number of ether oxygens (including phenoxy) is 2. The molecule has 1 saturated heterocycles. The number of hydrogen-bond donors (Lipinski definition) is 0. The Balaban J connectivity index is 1.24. The van der Waals surface area contributed by atoms with Gasteiger partial charge in [0.15, 0.2) is 16.5 Å². The number of thiazole rings is 1. The summed E-state index contributed by atoms with van der Waals surface area (Å²) in [5.74, 6) is 1.51. The quantitative estimate of drug-likeness (QED) is 0.404. The predicted octanol–water partition coefficient (Wildman–Crippen LogP) is 3.97. The number of hydrogen-bond acceptors (Lipinski definition) is 6. The topological polar surface area (TPSA) is 59.3 Å². The van der Waals surface area contributed by atoms with Crippen LogP contribution in [0.1, 0.15) is 11.3 Å². The van der Waals surface area contributed by atoms with Crippen LogP contribution in [0.5, 0.6) is 11.5 Å². The Labute approximate surface area is 203 Å². The molecule has 0 radical (unpaired) electrons. The van der Waals surface area contributed by atoms with Crippen molar-refractivity contribution in [3.63, 3.8) is 0 Å². The summed E-state index contributed by atoms with van der Waals surface area (Å²) in [6.45, 7) is 4.25. The second-order valence-corrected chi connectivity index (χ2v) is 9.23. The number of imidazole rings is 1. The van der Waals surface area contributed by atoms with Gasteiger partial charge >= 0.3 is 0 Å². The van der Waals surface area contributed by atoms with Crippen LogP contribution in [0.4, 0.5) is 0 Å². The van der Waals surface area contributed by atoms with Gasteiger partial charge in [0.2, 0.25) is 5.91 Å². The molecule has 34 heavy (non-hydrogen) atoms. The second kappa shape index (κ2) is 9.87. The van der Waals surface area contributed by atoms with Crippen LogP contribution >= 0.6 is 11.3 Å². The highest BCUT2D eigenvalue weighted by Crippen LogP contribution is 2.33. The van der Waals surface area contributed by atoms with Gasteiger partial charge in [0.25, 0.3) is 0 Å². The number of rotatable bonds is 7. The zero-order chi connectivity index (χ0) is 23.5. The molecule has 176 valence electrons. The van der Waals surface area contributed by atoms with Crippen LogP contribution in [-0.2, 0) is 17.8 Å². The van der Waals surface area contributed by atoms with Gasteiger partial charge in [-0.3, -0.25) is 14.1 Å². The average molecular weight is 477 g/mol. The minimum Gasteiger partial charge on any atom is -0.493 e. The number of piperazine rings is 1. The van der Waals surface area contributed by atoms with E-state index in [1.54, 1.807) is 25.6 Å². The molecule has 5 rings (SSSR count). The number of amides is 1. The summed E-state index contributed by atoms with van der Waals surface area (Å²) in [6, 6.07) is 16.3. The molecule has 3 heterocycles. The molecule has 1 aliphatic rings. The van der Waals surface area contributed by atoms with Crippen molar-refractivity contribution in [2.24, 2.45) is 0 Å². The Kier molecular flexibility index (Phi) is 6.51. The fourth-order valence-corrected chi connectivity index (χ4v) is 5.23. The largest absolute Gasteiger partial charge is 0.493 e. The molecule has 0 aliphatic carbocycles. The summed E-state index contributed by atoms with van der Waals surface area (Å²) < 4.78 is 12.8. The van der Waals surface area contributed by atoms with Crippen LogP contribution in [0.3, 0.4) is 0 Å². The Bertz CT molecular complexity index is 1280. The van der Waals surface area contributed by atoms with Crippen LogP contribution in [0.25, 0.3) is 16.2 Å². The number of methoxy groups -OCH3 is 2. The third-order valence-electron chi connectivity index (χ3n) is 6.27. The molecule has 8 heteroatoms. The Morgan fingerprint density at radius 2 is 1.76 bits per heavy atom. The molecule has 0 unspecified atom stereocenters. The summed E-state index contributed by atoms with van der Waals surface area (Å²) in [7, 11) is 3.25. The molecule has 1 amide bonds. The SMILES string of the molecule is COc1ccc(-c2cn3c(CC(=O)N4CCN(Cc5ccccc5)CC4)csc3n2)cc1OC. The van der Waals surface area contributed by atoms with Crippen LogP contribution in [-0.4, -0.2) is 65.5 Å². The maximum atomic E-state index is 13.1. The number of aromatic nitrogens is 2. The number of carbonyl (C=O) groups excluding carboxylic acids is 1. The molecule has 0 N–H and O–H groups in total. The first-order valence-corrected chi connectivity index (χ1v) is 12.2. The summed E-state index contributed by atoms with van der Waals surface area (Å²) in [5, 5.41) is 2.03. The highest BCUT2D eigenvalue weighted by molar-refractivity contribution is 7.15. The van der Waals surface area contributed by atoms with Crippen LogP contribution < -0.4 is 9.47 Å². The molecule has 4 aromatic rings. The lowest BCUT2D eigenvalue weighted by Crippen LogP contribution is -2.48. The smallest absolute Gasteiger partial charge is 0.228 e. The molecule has 0 atom stereocenters. The zero-order valence-corrected chi connectivity index (χ0v) is 20.3. The molecule has 2 aromatic carbocycles. The van der Waals surface area contributed by atoms with Crippen molar-refractivity contribution in [1.29, 1.82) is 0 Å². The van der Waals surface area contributed by atoms with Gasteiger partial charge in [0.1, 0.15) is 0 Å². The van der Waals surface area contributed by atoms with Gasteiger partial charge in [0, 0.05) is 55.6 Å². The van der Waals surface area contributed by atoms with Crippen molar-refractivity contribution < 1.29 is 14.3 Å². The summed E-state index contributed by atoms with van der Waals surface area (Å²) in [6.07, 6.45) is 2.37. The van der Waals surface area contributed by atoms with Gasteiger partial charge in [-0.05, 0) is 23.8 Å². The van der Waals surface area contributed by atoms with E-state index in [9.17, 15) is 4.79 Å². The first kappa shape index (κ1) is 22.4. The minimum atomic E-state index is 0.167. The van der Waals surface area contributed by atoms with Gasteiger partial charge in [-0.2, -0.15) is 0 Å². The predicted molar refractivity (Wildman–Crippen MR) is 134 cm³/mol. The van der Waals surface area contributed by atoms with Crippen LogP contribution in [0.2, 0.25) is 0 Å². The Morgan fingerprint density at radius 1 is 1.00 bits per heavy atom. The van der Waals surface area contributed by atoms with E-state index < -0.39 is 0 Å². The molecule has 1 aliphatic heterocycles. The lowest BCUT2D eigenvalue weighted by Gasteiger charge is -2.34. The average Bonchev–Trinajstić information content (AvgIpc) is 3.46. The molecule has 2 aromatic heterocycles. The van der Waals surface area contributed by atoms with E-state index in [4.69, 9.17) is 14.5 Å². The van der Waals surface area contributed by atoms with Gasteiger partial charge in [-0.15, -0.1) is 11.3 Å². The van der Waals surface area contributed by atoms with E-state index in [1.807, 2.05) is 45.1 Å². The van der Waals surface area contributed by atoms with Crippen molar-refractivity contribution in [3.8, 4) is 22.8 Å². The molecule has 0 spiro atoms. The monoisotopic (exact) mass is 476 g/mol. The van der Waals surface area contributed by atoms with E-state index in [0.717, 1.165) is 54.6 Å². The second-order valence-electron chi connectivity index (χ2n) is 8.39.